The minimum atomic E-state index is -0.207. The molecule has 0 spiro atoms. The first-order chi connectivity index (χ1) is 12.0. The maximum absolute atomic E-state index is 12.7. The Balaban J connectivity index is 1.64. The van der Waals surface area contributed by atoms with Gasteiger partial charge in [0.1, 0.15) is 5.56 Å². The van der Waals surface area contributed by atoms with Crippen LogP contribution in [0, 0.1) is 13.8 Å². The molecule has 0 aliphatic carbocycles. The van der Waals surface area contributed by atoms with Crippen LogP contribution in [0.1, 0.15) is 34.5 Å². The molecular weight excluding hydrogens is 332 g/mol. The van der Waals surface area contributed by atoms with Gasteiger partial charge in [-0.3, -0.25) is 9.59 Å². The summed E-state index contributed by atoms with van der Waals surface area (Å²) in [5.41, 5.74) is 2.23. The molecule has 0 N–H and O–H groups in total. The zero-order valence-electron chi connectivity index (χ0n) is 15.0. The Kier molecular flexibility index (Phi) is 5.33. The molecule has 5 heteroatoms. The first-order valence-electron chi connectivity index (χ1n) is 8.65. The molecule has 0 bridgehead atoms. The highest BCUT2D eigenvalue weighted by molar-refractivity contribution is 8.00. The summed E-state index contributed by atoms with van der Waals surface area (Å²) >= 11 is 1.90. The van der Waals surface area contributed by atoms with Crippen molar-refractivity contribution in [1.29, 1.82) is 0 Å². The Morgan fingerprint density at radius 3 is 2.44 bits per heavy atom. The lowest BCUT2D eigenvalue weighted by Gasteiger charge is -2.32. The number of rotatable bonds is 3. The van der Waals surface area contributed by atoms with Crippen LogP contribution in [-0.4, -0.2) is 33.7 Å². The zero-order chi connectivity index (χ0) is 18.0. The van der Waals surface area contributed by atoms with Crippen molar-refractivity contribution < 1.29 is 4.79 Å². The van der Waals surface area contributed by atoms with E-state index in [0.29, 0.717) is 18.3 Å². The molecule has 2 heterocycles. The lowest BCUT2D eigenvalue weighted by molar-refractivity contribution is 0.0725. The van der Waals surface area contributed by atoms with Crippen LogP contribution >= 0.6 is 11.8 Å². The standard InChI is InChI=1S/C20H24N2O2S/c1-14-6-4-5-7-18(14)25-16-10-12-22(13-11-16)20(24)17-9-8-15(2)21(3)19(17)23/h4-9,16H,10-13H2,1-3H3. The molecule has 1 amide bonds. The van der Waals surface area contributed by atoms with Gasteiger partial charge in [-0.25, -0.2) is 0 Å². The van der Waals surface area contributed by atoms with Gasteiger partial charge >= 0.3 is 0 Å². The molecule has 2 aromatic rings. The summed E-state index contributed by atoms with van der Waals surface area (Å²) < 4.78 is 1.54. The van der Waals surface area contributed by atoms with Crippen molar-refractivity contribution in [1.82, 2.24) is 9.47 Å². The quantitative estimate of drug-likeness (QED) is 0.846. The second-order valence-electron chi connectivity index (χ2n) is 6.63. The zero-order valence-corrected chi connectivity index (χ0v) is 15.8. The van der Waals surface area contributed by atoms with Gasteiger partial charge in [0.25, 0.3) is 11.5 Å². The summed E-state index contributed by atoms with van der Waals surface area (Å²) in [5, 5.41) is 0.519. The lowest BCUT2D eigenvalue weighted by Crippen LogP contribution is -2.42. The molecule has 1 aromatic carbocycles. The van der Waals surface area contributed by atoms with E-state index in [0.717, 1.165) is 18.5 Å². The lowest BCUT2D eigenvalue weighted by atomic mass is 10.1. The molecule has 132 valence electrons. The van der Waals surface area contributed by atoms with E-state index in [2.05, 4.69) is 31.2 Å². The fourth-order valence-electron chi connectivity index (χ4n) is 3.11. The summed E-state index contributed by atoms with van der Waals surface area (Å²) in [7, 11) is 1.71. The minimum Gasteiger partial charge on any atom is -0.338 e. The number of piperidine rings is 1. The Hall–Kier alpha value is -2.01. The summed E-state index contributed by atoms with van der Waals surface area (Å²) in [6.07, 6.45) is 1.91. The number of carbonyl (C=O) groups is 1. The third-order valence-corrected chi connectivity index (χ3v) is 6.42. The minimum absolute atomic E-state index is 0.139. The molecular formula is C20H24N2O2S. The van der Waals surface area contributed by atoms with E-state index in [-0.39, 0.29) is 17.0 Å². The molecule has 0 saturated carbocycles. The van der Waals surface area contributed by atoms with Gasteiger partial charge in [-0.05, 0) is 50.5 Å². The Labute approximate surface area is 152 Å². The molecule has 0 unspecified atom stereocenters. The van der Waals surface area contributed by atoms with Gasteiger partial charge in [0, 0.05) is 36.0 Å². The second kappa shape index (κ2) is 7.48. The van der Waals surface area contributed by atoms with Gasteiger partial charge < -0.3 is 9.47 Å². The molecule has 1 aliphatic rings. The number of aromatic nitrogens is 1. The van der Waals surface area contributed by atoms with Crippen LogP contribution in [0.15, 0.2) is 46.1 Å². The van der Waals surface area contributed by atoms with Gasteiger partial charge in [-0.15, -0.1) is 11.8 Å². The predicted octanol–water partition coefficient (Wildman–Crippen LogP) is 3.40. The molecule has 1 aliphatic heterocycles. The maximum atomic E-state index is 12.7. The van der Waals surface area contributed by atoms with E-state index in [1.807, 2.05) is 29.7 Å². The van der Waals surface area contributed by atoms with Crippen LogP contribution in [0.5, 0.6) is 0 Å². The van der Waals surface area contributed by atoms with E-state index in [9.17, 15) is 9.59 Å². The number of carbonyl (C=O) groups excluding carboxylic acids is 1. The van der Waals surface area contributed by atoms with Crippen molar-refractivity contribution in [2.45, 2.75) is 36.8 Å². The largest absolute Gasteiger partial charge is 0.338 e. The summed E-state index contributed by atoms with van der Waals surface area (Å²) in [4.78, 5) is 28.2. The molecule has 0 radical (unpaired) electrons. The number of hydrogen-bond donors (Lipinski definition) is 0. The number of hydrogen-bond acceptors (Lipinski definition) is 3. The molecule has 1 fully saturated rings. The smallest absolute Gasteiger partial charge is 0.263 e. The summed E-state index contributed by atoms with van der Waals surface area (Å²) in [6.45, 7) is 5.41. The number of benzene rings is 1. The normalized spacial score (nSPS) is 15.4. The van der Waals surface area contributed by atoms with E-state index >= 15 is 0 Å². The summed E-state index contributed by atoms with van der Waals surface area (Å²) in [6, 6.07) is 11.9. The highest BCUT2D eigenvalue weighted by Crippen LogP contribution is 2.32. The number of thioether (sulfide) groups is 1. The van der Waals surface area contributed by atoms with Gasteiger partial charge in [-0.2, -0.15) is 0 Å². The van der Waals surface area contributed by atoms with E-state index in [1.165, 1.54) is 15.0 Å². The highest BCUT2D eigenvalue weighted by Gasteiger charge is 2.26. The number of pyridine rings is 1. The van der Waals surface area contributed by atoms with Crippen LogP contribution in [0.25, 0.3) is 0 Å². The summed E-state index contributed by atoms with van der Waals surface area (Å²) in [5.74, 6) is -0.139. The predicted molar refractivity (Wildman–Crippen MR) is 102 cm³/mol. The topological polar surface area (TPSA) is 42.3 Å². The van der Waals surface area contributed by atoms with Crippen molar-refractivity contribution in [3.05, 3.63) is 63.6 Å². The number of likely N-dealkylation sites (tertiary alicyclic amines) is 1. The molecule has 4 nitrogen and oxygen atoms in total. The molecule has 25 heavy (non-hydrogen) atoms. The molecule has 1 aromatic heterocycles. The van der Waals surface area contributed by atoms with Gasteiger partial charge in [0.15, 0.2) is 0 Å². The van der Waals surface area contributed by atoms with Crippen LogP contribution in [0.4, 0.5) is 0 Å². The fraction of sp³-hybridized carbons (Fsp3) is 0.400. The third-order valence-electron chi connectivity index (χ3n) is 4.90. The number of amides is 1. The maximum Gasteiger partial charge on any atom is 0.263 e. The van der Waals surface area contributed by atoms with Crippen LogP contribution < -0.4 is 5.56 Å². The first-order valence-corrected chi connectivity index (χ1v) is 9.53. The Morgan fingerprint density at radius 1 is 1.08 bits per heavy atom. The highest BCUT2D eigenvalue weighted by atomic mass is 32.2. The average molecular weight is 356 g/mol. The molecule has 0 atom stereocenters. The third kappa shape index (κ3) is 3.82. The molecule has 3 rings (SSSR count). The van der Waals surface area contributed by atoms with Gasteiger partial charge in [-0.1, -0.05) is 18.2 Å². The van der Waals surface area contributed by atoms with Crippen LogP contribution in [0.3, 0.4) is 0 Å². The Bertz CT molecular complexity index is 836. The number of aryl methyl sites for hydroxylation is 2. The van der Waals surface area contributed by atoms with Crippen LogP contribution in [-0.2, 0) is 7.05 Å². The molecule has 1 saturated heterocycles. The second-order valence-corrected chi connectivity index (χ2v) is 7.97. The van der Waals surface area contributed by atoms with Crippen LogP contribution in [0.2, 0.25) is 0 Å². The monoisotopic (exact) mass is 356 g/mol. The van der Waals surface area contributed by atoms with Gasteiger partial charge in [0.05, 0.1) is 0 Å². The van der Waals surface area contributed by atoms with Gasteiger partial charge in [0.2, 0.25) is 0 Å². The van der Waals surface area contributed by atoms with E-state index in [4.69, 9.17) is 0 Å². The number of nitrogens with zero attached hydrogens (tertiary/aromatic N) is 2. The first kappa shape index (κ1) is 17.8. The van der Waals surface area contributed by atoms with Crippen molar-refractivity contribution in [2.24, 2.45) is 7.05 Å². The van der Waals surface area contributed by atoms with E-state index in [1.54, 1.807) is 13.1 Å². The Morgan fingerprint density at radius 2 is 1.76 bits per heavy atom. The fourth-order valence-corrected chi connectivity index (χ4v) is 4.32. The van der Waals surface area contributed by atoms with E-state index < -0.39 is 0 Å². The van der Waals surface area contributed by atoms with Crippen molar-refractivity contribution in [3.8, 4) is 0 Å². The van der Waals surface area contributed by atoms with Crippen molar-refractivity contribution in [2.75, 3.05) is 13.1 Å². The SMILES string of the molecule is Cc1ccccc1SC1CCN(C(=O)c2ccc(C)n(C)c2=O)CC1. The van der Waals surface area contributed by atoms with Crippen molar-refractivity contribution >= 4 is 17.7 Å². The average Bonchev–Trinajstić information content (AvgIpc) is 2.62. The van der Waals surface area contributed by atoms with Crippen molar-refractivity contribution in [3.63, 3.8) is 0 Å².